The molecule has 0 bridgehead atoms. The minimum Gasteiger partial charge on any atom is -0.480 e. The van der Waals surface area contributed by atoms with E-state index < -0.39 is 23.6 Å². The zero-order valence-electron chi connectivity index (χ0n) is 7.57. The smallest absolute Gasteiger partial charge is 0.328 e. The third-order valence-electron chi connectivity index (χ3n) is 1.44. The van der Waals surface area contributed by atoms with Gasteiger partial charge in [-0.1, -0.05) is 6.92 Å². The Bertz CT molecular complexity index is 221. The molecule has 13 heavy (non-hydrogen) atoms. The van der Waals surface area contributed by atoms with Crippen molar-refractivity contribution in [1.29, 1.82) is 0 Å². The van der Waals surface area contributed by atoms with Crippen LogP contribution in [0.2, 0.25) is 0 Å². The average Bonchev–Trinajstić information content (AvgIpc) is 2.04. The molecule has 1 N–H and O–H groups in total. The molecule has 1 unspecified atom stereocenters. The maximum absolute atomic E-state index is 11.0. The lowest BCUT2D eigenvalue weighted by atomic mass is 10.0. The van der Waals surface area contributed by atoms with Crippen LogP contribution in [0.4, 0.5) is 0 Å². The zero-order chi connectivity index (χ0) is 10.4. The number of ether oxygens (including phenoxy) is 1. The van der Waals surface area contributed by atoms with Crippen molar-refractivity contribution in [2.75, 3.05) is 6.61 Å². The Morgan fingerprint density at radius 2 is 1.85 bits per heavy atom. The van der Waals surface area contributed by atoms with Crippen LogP contribution in [0.1, 0.15) is 20.3 Å². The second-order valence-corrected chi connectivity index (χ2v) is 2.34. The average molecular weight is 188 g/mol. The van der Waals surface area contributed by atoms with E-state index >= 15 is 0 Å². The maximum Gasteiger partial charge on any atom is 0.328 e. The summed E-state index contributed by atoms with van der Waals surface area (Å²) in [6, 6.07) is 0. The highest BCUT2D eigenvalue weighted by Crippen LogP contribution is 2.04. The Labute approximate surface area is 75.7 Å². The van der Waals surface area contributed by atoms with Gasteiger partial charge in [0.2, 0.25) is 5.92 Å². The van der Waals surface area contributed by atoms with Gasteiger partial charge in [-0.2, -0.15) is 0 Å². The van der Waals surface area contributed by atoms with Crippen molar-refractivity contribution in [1.82, 2.24) is 0 Å². The van der Waals surface area contributed by atoms with Gasteiger partial charge in [-0.15, -0.1) is 0 Å². The Hall–Kier alpha value is -1.39. The largest absolute Gasteiger partial charge is 0.480 e. The maximum atomic E-state index is 11.0. The summed E-state index contributed by atoms with van der Waals surface area (Å²) >= 11 is 0. The molecule has 0 amide bonds. The van der Waals surface area contributed by atoms with E-state index in [1.54, 1.807) is 6.92 Å². The molecule has 0 fully saturated rings. The van der Waals surface area contributed by atoms with Gasteiger partial charge >= 0.3 is 11.9 Å². The van der Waals surface area contributed by atoms with E-state index in [-0.39, 0.29) is 13.0 Å². The van der Waals surface area contributed by atoms with Crippen molar-refractivity contribution in [2.24, 2.45) is 5.92 Å². The summed E-state index contributed by atoms with van der Waals surface area (Å²) in [5.74, 6) is -4.73. The molecule has 0 radical (unpaired) electrons. The lowest BCUT2D eigenvalue weighted by Gasteiger charge is -2.08. The molecular formula is C8H12O5. The van der Waals surface area contributed by atoms with Gasteiger partial charge in [-0.3, -0.25) is 14.4 Å². The number of aliphatic carboxylic acids is 1. The minimum absolute atomic E-state index is 0.00970. The van der Waals surface area contributed by atoms with Gasteiger partial charge < -0.3 is 9.84 Å². The van der Waals surface area contributed by atoms with Gasteiger partial charge in [-0.05, 0) is 6.92 Å². The highest BCUT2D eigenvalue weighted by atomic mass is 16.5. The monoisotopic (exact) mass is 188 g/mol. The van der Waals surface area contributed by atoms with Crippen LogP contribution in [0.25, 0.3) is 0 Å². The van der Waals surface area contributed by atoms with E-state index in [0.717, 1.165) is 0 Å². The Morgan fingerprint density at radius 3 is 2.15 bits per heavy atom. The molecule has 0 saturated heterocycles. The van der Waals surface area contributed by atoms with E-state index in [9.17, 15) is 14.4 Å². The fraction of sp³-hybridized carbons (Fsp3) is 0.625. The standard InChI is InChI=1S/C8H12O5/c1-3-5(9)6(7(10)11)8(12)13-4-2/h6H,3-4H2,1-2H3,(H,10,11). The summed E-state index contributed by atoms with van der Waals surface area (Å²) in [6.45, 7) is 3.12. The first-order chi connectivity index (χ1) is 6.04. The Kier molecular flexibility index (Phi) is 4.72. The number of hydrogen-bond acceptors (Lipinski definition) is 4. The Balaban J connectivity index is 4.51. The van der Waals surface area contributed by atoms with Crippen molar-refractivity contribution in [2.45, 2.75) is 20.3 Å². The van der Waals surface area contributed by atoms with Crippen molar-refractivity contribution in [3.63, 3.8) is 0 Å². The van der Waals surface area contributed by atoms with Gasteiger partial charge in [0.05, 0.1) is 6.61 Å². The number of carbonyl (C=O) groups excluding carboxylic acids is 2. The quantitative estimate of drug-likeness (QED) is 0.493. The van der Waals surface area contributed by atoms with Crippen LogP contribution in [0.15, 0.2) is 0 Å². The number of esters is 1. The summed E-state index contributed by atoms with van der Waals surface area (Å²) in [6.07, 6.45) is 0.00970. The van der Waals surface area contributed by atoms with Crippen molar-refractivity contribution < 1.29 is 24.2 Å². The van der Waals surface area contributed by atoms with E-state index in [0.29, 0.717) is 0 Å². The molecule has 0 heterocycles. The van der Waals surface area contributed by atoms with E-state index in [1.165, 1.54) is 6.92 Å². The van der Waals surface area contributed by atoms with Crippen LogP contribution in [-0.2, 0) is 19.1 Å². The van der Waals surface area contributed by atoms with Gasteiger partial charge in [0.25, 0.3) is 0 Å². The molecule has 0 spiro atoms. The highest BCUT2D eigenvalue weighted by Gasteiger charge is 2.33. The molecule has 0 aliphatic rings. The van der Waals surface area contributed by atoms with Crippen LogP contribution in [0, 0.1) is 5.92 Å². The highest BCUT2D eigenvalue weighted by molar-refractivity contribution is 6.14. The van der Waals surface area contributed by atoms with Crippen molar-refractivity contribution in [3.05, 3.63) is 0 Å². The topological polar surface area (TPSA) is 80.7 Å². The van der Waals surface area contributed by atoms with Crippen LogP contribution in [0.5, 0.6) is 0 Å². The number of Topliss-reactive ketones (excluding diaryl/α,β-unsaturated/α-hetero) is 1. The van der Waals surface area contributed by atoms with Gasteiger partial charge in [-0.25, -0.2) is 0 Å². The first-order valence-electron chi connectivity index (χ1n) is 3.96. The van der Waals surface area contributed by atoms with E-state index in [1.807, 2.05) is 0 Å². The number of carboxylic acids is 1. The molecule has 0 aromatic rings. The fourth-order valence-corrected chi connectivity index (χ4v) is 0.800. The summed E-state index contributed by atoms with van der Waals surface area (Å²) in [7, 11) is 0. The molecule has 0 aliphatic heterocycles. The van der Waals surface area contributed by atoms with Crippen LogP contribution >= 0.6 is 0 Å². The molecule has 0 aliphatic carbocycles. The normalized spacial score (nSPS) is 11.8. The van der Waals surface area contributed by atoms with Gasteiger partial charge in [0.1, 0.15) is 0 Å². The lowest BCUT2D eigenvalue weighted by molar-refractivity contribution is -0.161. The molecule has 0 aromatic carbocycles. The van der Waals surface area contributed by atoms with E-state index in [2.05, 4.69) is 4.74 Å². The molecule has 0 rings (SSSR count). The van der Waals surface area contributed by atoms with Crippen molar-refractivity contribution in [3.8, 4) is 0 Å². The predicted octanol–water partition coefficient (Wildman–Crippen LogP) is 0.229. The summed E-state index contributed by atoms with van der Waals surface area (Å²) in [4.78, 5) is 32.4. The molecule has 0 aromatic heterocycles. The molecule has 0 saturated carbocycles. The lowest BCUT2D eigenvalue weighted by Crippen LogP contribution is -2.32. The molecule has 5 nitrogen and oxygen atoms in total. The number of ketones is 1. The first kappa shape index (κ1) is 11.6. The number of hydrogen-bond donors (Lipinski definition) is 1. The van der Waals surface area contributed by atoms with Crippen LogP contribution < -0.4 is 0 Å². The summed E-state index contributed by atoms with van der Waals surface area (Å²) < 4.78 is 4.45. The number of carbonyl (C=O) groups is 3. The number of carboxylic acid groups (broad SMARTS) is 1. The van der Waals surface area contributed by atoms with E-state index in [4.69, 9.17) is 5.11 Å². The molecule has 1 atom stereocenters. The first-order valence-corrected chi connectivity index (χ1v) is 3.96. The second kappa shape index (κ2) is 5.29. The Morgan fingerprint density at radius 1 is 1.31 bits per heavy atom. The summed E-state index contributed by atoms with van der Waals surface area (Å²) in [5.41, 5.74) is 0. The third kappa shape index (κ3) is 3.23. The fourth-order valence-electron chi connectivity index (χ4n) is 0.800. The van der Waals surface area contributed by atoms with Crippen molar-refractivity contribution >= 4 is 17.7 Å². The zero-order valence-corrected chi connectivity index (χ0v) is 7.57. The third-order valence-corrected chi connectivity index (χ3v) is 1.44. The van der Waals surface area contributed by atoms with Crippen LogP contribution in [-0.4, -0.2) is 29.4 Å². The molecule has 5 heteroatoms. The van der Waals surface area contributed by atoms with Gasteiger partial charge in [0, 0.05) is 6.42 Å². The SMILES string of the molecule is CCOC(=O)C(C(=O)O)C(=O)CC. The van der Waals surface area contributed by atoms with Gasteiger partial charge in [0.15, 0.2) is 5.78 Å². The molecule has 74 valence electrons. The molecular weight excluding hydrogens is 176 g/mol. The minimum atomic E-state index is -1.66. The predicted molar refractivity (Wildman–Crippen MR) is 43.1 cm³/mol. The second-order valence-electron chi connectivity index (χ2n) is 2.34. The summed E-state index contributed by atoms with van der Waals surface area (Å²) in [5, 5.41) is 8.55. The van der Waals surface area contributed by atoms with Crippen LogP contribution in [0.3, 0.4) is 0 Å². The number of rotatable bonds is 5.